The number of methoxy groups -OCH3 is 1. The van der Waals surface area contributed by atoms with Crippen LogP contribution in [0.15, 0.2) is 36.4 Å². The molecule has 0 atom stereocenters. The SMILES string of the molecule is COc1cc(C(=O)NC2(c3ccc(F)cc3F)CCOCC2)ccc1OC(C)C. The van der Waals surface area contributed by atoms with Crippen molar-refractivity contribution in [1.82, 2.24) is 5.32 Å². The fourth-order valence-corrected chi connectivity index (χ4v) is 3.51. The first-order valence-corrected chi connectivity index (χ1v) is 9.55. The van der Waals surface area contributed by atoms with Crippen molar-refractivity contribution >= 4 is 5.91 Å². The molecule has 0 aliphatic carbocycles. The Morgan fingerprint density at radius 3 is 2.45 bits per heavy atom. The second-order valence-corrected chi connectivity index (χ2v) is 7.31. The summed E-state index contributed by atoms with van der Waals surface area (Å²) >= 11 is 0. The number of nitrogens with one attached hydrogen (secondary N) is 1. The zero-order valence-corrected chi connectivity index (χ0v) is 16.8. The van der Waals surface area contributed by atoms with Gasteiger partial charge >= 0.3 is 0 Å². The molecule has 0 saturated carbocycles. The van der Waals surface area contributed by atoms with E-state index < -0.39 is 17.2 Å². The van der Waals surface area contributed by atoms with E-state index in [1.165, 1.54) is 19.2 Å². The van der Waals surface area contributed by atoms with Gasteiger partial charge in [-0.05, 0) is 51.0 Å². The lowest BCUT2D eigenvalue weighted by molar-refractivity contribution is 0.0333. The third-order valence-electron chi connectivity index (χ3n) is 4.93. The molecule has 7 heteroatoms. The zero-order chi connectivity index (χ0) is 21.0. The van der Waals surface area contributed by atoms with Crippen molar-refractivity contribution in [2.45, 2.75) is 38.3 Å². The smallest absolute Gasteiger partial charge is 0.252 e. The molecule has 0 unspecified atom stereocenters. The average molecular weight is 405 g/mol. The van der Waals surface area contributed by atoms with E-state index in [2.05, 4.69) is 5.32 Å². The van der Waals surface area contributed by atoms with Crippen LogP contribution < -0.4 is 14.8 Å². The summed E-state index contributed by atoms with van der Waals surface area (Å²) in [6.45, 7) is 4.52. The van der Waals surface area contributed by atoms with E-state index in [1.54, 1.807) is 18.2 Å². The molecule has 1 aliphatic rings. The van der Waals surface area contributed by atoms with Gasteiger partial charge in [0.05, 0.1) is 18.8 Å². The van der Waals surface area contributed by atoms with Crippen molar-refractivity contribution in [3.05, 3.63) is 59.2 Å². The van der Waals surface area contributed by atoms with Gasteiger partial charge in [0.25, 0.3) is 5.91 Å². The molecule has 1 fully saturated rings. The summed E-state index contributed by atoms with van der Waals surface area (Å²) in [5, 5.41) is 2.96. The molecule has 156 valence electrons. The summed E-state index contributed by atoms with van der Waals surface area (Å²) in [7, 11) is 1.50. The van der Waals surface area contributed by atoms with Gasteiger partial charge < -0.3 is 19.5 Å². The summed E-state index contributed by atoms with van der Waals surface area (Å²) in [6, 6.07) is 8.30. The minimum absolute atomic E-state index is 0.0458. The van der Waals surface area contributed by atoms with Crippen LogP contribution in [-0.2, 0) is 10.3 Å². The van der Waals surface area contributed by atoms with Gasteiger partial charge in [-0.15, -0.1) is 0 Å². The highest BCUT2D eigenvalue weighted by atomic mass is 19.1. The van der Waals surface area contributed by atoms with Crippen molar-refractivity contribution in [1.29, 1.82) is 0 Å². The fraction of sp³-hybridized carbons (Fsp3) is 0.409. The Balaban J connectivity index is 1.91. The summed E-state index contributed by atoms with van der Waals surface area (Å²) in [6.07, 6.45) is 0.718. The third-order valence-corrected chi connectivity index (χ3v) is 4.93. The van der Waals surface area contributed by atoms with Gasteiger partial charge in [0.1, 0.15) is 11.6 Å². The lowest BCUT2D eigenvalue weighted by atomic mass is 9.82. The molecule has 29 heavy (non-hydrogen) atoms. The van der Waals surface area contributed by atoms with Crippen LogP contribution in [0.1, 0.15) is 42.6 Å². The number of hydrogen-bond donors (Lipinski definition) is 1. The zero-order valence-electron chi connectivity index (χ0n) is 16.8. The van der Waals surface area contributed by atoms with Crippen LogP contribution in [0.3, 0.4) is 0 Å². The molecule has 2 aromatic rings. The van der Waals surface area contributed by atoms with E-state index >= 15 is 0 Å². The normalized spacial score (nSPS) is 15.8. The maximum Gasteiger partial charge on any atom is 0.252 e. The van der Waals surface area contributed by atoms with Gasteiger partial charge in [0, 0.05) is 30.4 Å². The predicted molar refractivity (Wildman–Crippen MR) is 104 cm³/mol. The highest BCUT2D eigenvalue weighted by molar-refractivity contribution is 5.95. The van der Waals surface area contributed by atoms with E-state index in [0.29, 0.717) is 43.1 Å². The van der Waals surface area contributed by atoms with Crippen LogP contribution in [0.5, 0.6) is 11.5 Å². The maximum atomic E-state index is 14.6. The Kier molecular flexibility index (Phi) is 6.37. The molecule has 0 spiro atoms. The van der Waals surface area contributed by atoms with Crippen LogP contribution in [0.25, 0.3) is 0 Å². The first kappa shape index (κ1) is 21.0. The van der Waals surface area contributed by atoms with E-state index in [-0.39, 0.29) is 17.6 Å². The number of benzene rings is 2. The number of amides is 1. The van der Waals surface area contributed by atoms with Gasteiger partial charge in [-0.25, -0.2) is 8.78 Å². The van der Waals surface area contributed by atoms with Gasteiger partial charge in [-0.3, -0.25) is 4.79 Å². The van der Waals surface area contributed by atoms with E-state index in [4.69, 9.17) is 14.2 Å². The average Bonchev–Trinajstić information content (AvgIpc) is 2.68. The Labute approximate surface area is 169 Å². The summed E-state index contributed by atoms with van der Waals surface area (Å²) in [5.41, 5.74) is -0.374. The molecular weight excluding hydrogens is 380 g/mol. The standard InChI is InChI=1S/C22H25F2NO4/c1-14(2)29-19-7-4-15(12-20(19)27-3)21(26)25-22(8-10-28-11-9-22)17-6-5-16(23)13-18(17)24/h4-7,12-14H,8-11H2,1-3H3,(H,25,26). The first-order valence-electron chi connectivity index (χ1n) is 9.55. The highest BCUT2D eigenvalue weighted by Gasteiger charge is 2.38. The lowest BCUT2D eigenvalue weighted by Gasteiger charge is -2.38. The second-order valence-electron chi connectivity index (χ2n) is 7.31. The largest absolute Gasteiger partial charge is 0.493 e. The third kappa shape index (κ3) is 4.67. The number of carbonyl (C=O) groups excluding carboxylic acids is 1. The van der Waals surface area contributed by atoms with Crippen LogP contribution >= 0.6 is 0 Å². The van der Waals surface area contributed by atoms with Crippen LogP contribution in [0.4, 0.5) is 8.78 Å². The van der Waals surface area contributed by atoms with Crippen LogP contribution in [-0.4, -0.2) is 32.3 Å². The molecule has 1 heterocycles. The van der Waals surface area contributed by atoms with Gasteiger partial charge in [-0.2, -0.15) is 0 Å². The Morgan fingerprint density at radius 1 is 1.10 bits per heavy atom. The number of halogens is 2. The van der Waals surface area contributed by atoms with Crippen molar-refractivity contribution in [2.75, 3.05) is 20.3 Å². The Bertz CT molecular complexity index is 879. The molecule has 1 amide bonds. The topological polar surface area (TPSA) is 56.8 Å². The molecule has 0 aromatic heterocycles. The van der Waals surface area contributed by atoms with Crippen LogP contribution in [0, 0.1) is 11.6 Å². The Hall–Kier alpha value is -2.67. The molecule has 0 radical (unpaired) electrons. The summed E-state index contributed by atoms with van der Waals surface area (Å²) < 4.78 is 44.4. The number of rotatable bonds is 6. The predicted octanol–water partition coefficient (Wildman–Crippen LogP) is 4.20. The summed E-state index contributed by atoms with van der Waals surface area (Å²) in [5.74, 6) is -0.773. The summed E-state index contributed by atoms with van der Waals surface area (Å²) in [4.78, 5) is 13.0. The van der Waals surface area contributed by atoms with Gasteiger partial charge in [-0.1, -0.05) is 6.07 Å². The number of carbonyl (C=O) groups is 1. The van der Waals surface area contributed by atoms with E-state index in [9.17, 15) is 13.6 Å². The lowest BCUT2D eigenvalue weighted by Crippen LogP contribution is -2.50. The second kappa shape index (κ2) is 8.78. The molecule has 1 saturated heterocycles. The van der Waals surface area contributed by atoms with Crippen molar-refractivity contribution in [3.8, 4) is 11.5 Å². The molecule has 0 bridgehead atoms. The molecule has 2 aromatic carbocycles. The number of ether oxygens (including phenoxy) is 3. The molecular formula is C22H25F2NO4. The van der Waals surface area contributed by atoms with E-state index in [0.717, 1.165) is 6.07 Å². The van der Waals surface area contributed by atoms with E-state index in [1.807, 2.05) is 13.8 Å². The molecule has 1 aliphatic heterocycles. The quantitative estimate of drug-likeness (QED) is 0.783. The minimum atomic E-state index is -0.979. The van der Waals surface area contributed by atoms with Crippen molar-refractivity contribution < 1.29 is 27.8 Å². The molecule has 1 N–H and O–H groups in total. The molecule has 5 nitrogen and oxygen atoms in total. The monoisotopic (exact) mass is 405 g/mol. The first-order chi connectivity index (χ1) is 13.8. The van der Waals surface area contributed by atoms with Gasteiger partial charge in [0.15, 0.2) is 11.5 Å². The fourth-order valence-electron chi connectivity index (χ4n) is 3.51. The highest BCUT2D eigenvalue weighted by Crippen LogP contribution is 2.35. The van der Waals surface area contributed by atoms with Crippen molar-refractivity contribution in [2.24, 2.45) is 0 Å². The van der Waals surface area contributed by atoms with Crippen LogP contribution in [0.2, 0.25) is 0 Å². The number of hydrogen-bond acceptors (Lipinski definition) is 4. The Morgan fingerprint density at radius 2 is 1.83 bits per heavy atom. The minimum Gasteiger partial charge on any atom is -0.493 e. The maximum absolute atomic E-state index is 14.6. The molecule has 3 rings (SSSR count). The van der Waals surface area contributed by atoms with Gasteiger partial charge in [0.2, 0.25) is 0 Å². The van der Waals surface area contributed by atoms with Crippen molar-refractivity contribution in [3.63, 3.8) is 0 Å².